The summed E-state index contributed by atoms with van der Waals surface area (Å²) in [7, 11) is 6.17. The van der Waals surface area contributed by atoms with Gasteiger partial charge in [-0.25, -0.2) is 0 Å². The lowest BCUT2D eigenvalue weighted by Crippen LogP contribution is -2.98. The molecule has 1 aliphatic rings. The van der Waals surface area contributed by atoms with Crippen molar-refractivity contribution >= 4 is 5.71 Å². The fraction of sp³-hybridized carbons (Fsp3) is 0.667. The molecule has 1 unspecified atom stereocenters. The summed E-state index contributed by atoms with van der Waals surface area (Å²) in [5.41, 5.74) is 1.18. The Labute approximate surface area is 74.3 Å². The van der Waals surface area contributed by atoms with E-state index >= 15 is 0 Å². The second kappa shape index (κ2) is 2.99. The third kappa shape index (κ3) is 1.57. The van der Waals surface area contributed by atoms with Gasteiger partial charge >= 0.3 is 0 Å². The molecule has 68 valence electrons. The van der Waals surface area contributed by atoms with Crippen LogP contribution in [-0.2, 0) is 0 Å². The Morgan fingerprint density at radius 3 is 2.33 bits per heavy atom. The molecule has 0 radical (unpaired) electrons. The van der Waals surface area contributed by atoms with Crippen molar-refractivity contribution in [1.82, 2.24) is 4.90 Å². The molecule has 12 heavy (non-hydrogen) atoms. The number of quaternary nitrogens is 1. The van der Waals surface area contributed by atoms with Crippen molar-refractivity contribution in [2.45, 2.75) is 19.4 Å². The van der Waals surface area contributed by atoms with Crippen LogP contribution in [0.4, 0.5) is 0 Å². The van der Waals surface area contributed by atoms with Gasteiger partial charge < -0.3 is 0 Å². The van der Waals surface area contributed by atoms with Crippen LogP contribution >= 0.6 is 0 Å². The van der Waals surface area contributed by atoms with Gasteiger partial charge in [0.05, 0.1) is 12.6 Å². The molecule has 1 atom stereocenters. The van der Waals surface area contributed by atoms with E-state index in [-0.39, 0.29) is 5.54 Å². The molecule has 0 aromatic heterocycles. The van der Waals surface area contributed by atoms with E-state index in [1.54, 1.807) is 0 Å². The minimum atomic E-state index is 0.0360. The van der Waals surface area contributed by atoms with Crippen LogP contribution in [0.5, 0.6) is 0 Å². The summed E-state index contributed by atoms with van der Waals surface area (Å²) < 4.78 is 0. The van der Waals surface area contributed by atoms with Crippen LogP contribution < -0.4 is 5.01 Å². The predicted molar refractivity (Wildman–Crippen MR) is 51.2 cm³/mol. The van der Waals surface area contributed by atoms with Crippen molar-refractivity contribution in [2.75, 3.05) is 21.1 Å². The number of hydrogen-bond acceptors (Lipinski definition) is 2. The van der Waals surface area contributed by atoms with Crippen molar-refractivity contribution in [3.05, 3.63) is 12.3 Å². The van der Waals surface area contributed by atoms with Crippen LogP contribution in [0, 0.1) is 0 Å². The second-order valence-corrected chi connectivity index (χ2v) is 3.93. The lowest BCUT2D eigenvalue weighted by atomic mass is 9.97. The van der Waals surface area contributed by atoms with Crippen molar-refractivity contribution in [3.8, 4) is 0 Å². The third-order valence-electron chi connectivity index (χ3n) is 2.52. The molecule has 0 bridgehead atoms. The first-order chi connectivity index (χ1) is 5.44. The molecule has 3 nitrogen and oxygen atoms in total. The first kappa shape index (κ1) is 9.42. The molecule has 0 spiro atoms. The normalized spacial score (nSPS) is 23.5. The average Bonchev–Trinajstić information content (AvgIpc) is 2.35. The van der Waals surface area contributed by atoms with Crippen LogP contribution in [0.1, 0.15) is 13.8 Å². The van der Waals surface area contributed by atoms with E-state index in [4.69, 9.17) is 0 Å². The molecular weight excluding hydrogens is 150 g/mol. The molecule has 0 amide bonds. The zero-order valence-electron chi connectivity index (χ0n) is 8.55. The van der Waals surface area contributed by atoms with Gasteiger partial charge in [0.2, 0.25) is 0 Å². The van der Waals surface area contributed by atoms with Crippen LogP contribution in [0.3, 0.4) is 0 Å². The standard InChI is InChI=1S/C9H17N3/c1-9(2,11(3)4)8-6-7-12(5)10-8/h6-7H,1-5H3/p+1. The predicted octanol–water partition coefficient (Wildman–Crippen LogP) is -0.275. The molecule has 1 rings (SSSR count). The minimum Gasteiger partial charge on any atom is -0.299 e. The number of rotatable bonds is 2. The Morgan fingerprint density at radius 2 is 2.00 bits per heavy atom. The van der Waals surface area contributed by atoms with Crippen molar-refractivity contribution < 1.29 is 5.01 Å². The summed E-state index contributed by atoms with van der Waals surface area (Å²) in [6.45, 7) is 4.35. The fourth-order valence-electron chi connectivity index (χ4n) is 1.03. The molecule has 0 aromatic carbocycles. The Morgan fingerprint density at radius 1 is 1.42 bits per heavy atom. The average molecular weight is 168 g/mol. The smallest absolute Gasteiger partial charge is 0.122 e. The highest BCUT2D eigenvalue weighted by Gasteiger charge is 2.30. The molecule has 0 saturated carbocycles. The van der Waals surface area contributed by atoms with E-state index in [1.807, 2.05) is 7.05 Å². The monoisotopic (exact) mass is 168 g/mol. The molecule has 1 N–H and O–H groups in total. The van der Waals surface area contributed by atoms with E-state index in [2.05, 4.69) is 50.2 Å². The quantitative estimate of drug-likeness (QED) is 0.601. The zero-order valence-corrected chi connectivity index (χ0v) is 8.55. The molecule has 0 fully saturated rings. The fourth-order valence-corrected chi connectivity index (χ4v) is 1.03. The molecule has 1 heterocycles. The first-order valence-electron chi connectivity index (χ1n) is 4.23. The van der Waals surface area contributed by atoms with E-state index < -0.39 is 0 Å². The van der Waals surface area contributed by atoms with Crippen LogP contribution in [0.15, 0.2) is 17.4 Å². The first-order valence-corrected chi connectivity index (χ1v) is 4.23. The van der Waals surface area contributed by atoms with Crippen LogP contribution in [0.2, 0.25) is 0 Å². The molecule has 0 aromatic rings. The van der Waals surface area contributed by atoms with Gasteiger partial charge in [-0.2, -0.15) is 5.01 Å². The van der Waals surface area contributed by atoms with E-state index in [1.165, 1.54) is 0 Å². The second-order valence-electron chi connectivity index (χ2n) is 3.93. The van der Waals surface area contributed by atoms with Gasteiger partial charge in [-0.15, -0.1) is 0 Å². The highest BCUT2D eigenvalue weighted by molar-refractivity contribution is 6.02. The number of hydrogen-bond donors (Lipinski definition) is 1. The highest BCUT2D eigenvalue weighted by atomic mass is 15.4. The minimum absolute atomic E-state index is 0.0360. The molecule has 0 saturated heterocycles. The summed E-state index contributed by atoms with van der Waals surface area (Å²) >= 11 is 0. The van der Waals surface area contributed by atoms with Crippen molar-refractivity contribution in [3.63, 3.8) is 0 Å². The Bertz CT molecular complexity index is 226. The van der Waals surface area contributed by atoms with E-state index in [0.717, 1.165) is 10.7 Å². The van der Waals surface area contributed by atoms with Gasteiger partial charge in [0.1, 0.15) is 11.9 Å². The Balaban J connectivity index is 2.84. The summed E-state index contributed by atoms with van der Waals surface area (Å²) in [6.07, 6.45) is 4.15. The zero-order chi connectivity index (χ0) is 9.35. The maximum Gasteiger partial charge on any atom is 0.122 e. The number of nitrogens with one attached hydrogen (secondary N) is 1. The molecule has 0 aliphatic carbocycles. The molecule has 1 aliphatic heterocycles. The van der Waals surface area contributed by atoms with Crippen molar-refractivity contribution in [1.29, 1.82) is 0 Å². The summed E-state index contributed by atoms with van der Waals surface area (Å²) in [5, 5.41) is 5.56. The van der Waals surface area contributed by atoms with Gasteiger partial charge in [0.25, 0.3) is 0 Å². The van der Waals surface area contributed by atoms with Gasteiger partial charge in [0, 0.05) is 6.08 Å². The van der Waals surface area contributed by atoms with Crippen molar-refractivity contribution in [2.24, 2.45) is 5.10 Å². The largest absolute Gasteiger partial charge is 0.299 e. The molecule has 3 heteroatoms. The highest BCUT2D eigenvalue weighted by Crippen LogP contribution is 2.13. The lowest BCUT2D eigenvalue weighted by molar-refractivity contribution is -0.829. The SMILES string of the molecule is CN(C)C(C)(C)C1=N[NH+](C)C=C1. The van der Waals surface area contributed by atoms with E-state index in [0.29, 0.717) is 0 Å². The Kier molecular flexibility index (Phi) is 2.35. The maximum absolute atomic E-state index is 4.46. The lowest BCUT2D eigenvalue weighted by Gasteiger charge is -2.30. The van der Waals surface area contributed by atoms with Crippen LogP contribution in [-0.4, -0.2) is 37.3 Å². The topological polar surface area (TPSA) is 20.0 Å². The number of nitrogens with zero attached hydrogens (tertiary/aromatic N) is 2. The summed E-state index contributed by atoms with van der Waals surface area (Å²) in [4.78, 5) is 2.18. The van der Waals surface area contributed by atoms with Gasteiger partial charge in [-0.05, 0) is 27.9 Å². The summed E-state index contributed by atoms with van der Waals surface area (Å²) in [6, 6.07) is 0. The van der Waals surface area contributed by atoms with Gasteiger partial charge in [0.15, 0.2) is 0 Å². The van der Waals surface area contributed by atoms with Gasteiger partial charge in [-0.1, -0.05) is 5.10 Å². The maximum atomic E-state index is 4.46. The van der Waals surface area contributed by atoms with Gasteiger partial charge in [-0.3, -0.25) is 4.90 Å². The van der Waals surface area contributed by atoms with Crippen LogP contribution in [0.25, 0.3) is 0 Å². The van der Waals surface area contributed by atoms with E-state index in [9.17, 15) is 0 Å². The third-order valence-corrected chi connectivity index (χ3v) is 2.52. The summed E-state index contributed by atoms with van der Waals surface area (Å²) in [5.74, 6) is 0. The molecular formula is C9H18N3+. The Hall–Kier alpha value is -0.670.